The van der Waals surface area contributed by atoms with E-state index in [0.29, 0.717) is 18.9 Å². The first-order valence-corrected chi connectivity index (χ1v) is 17.1. The molecular weight excluding hydrogens is 502 g/mol. The number of aliphatic hydroxyl groups is 1. The average Bonchev–Trinajstić information content (AvgIpc) is 2.90. The van der Waals surface area contributed by atoms with E-state index in [1.807, 2.05) is 0 Å². The first kappa shape index (κ1) is 37.0. The molecule has 1 amide bonds. The van der Waals surface area contributed by atoms with E-state index in [1.165, 1.54) is 77.0 Å². The summed E-state index contributed by atoms with van der Waals surface area (Å²) in [5, 5.41) is 13.8. The Kier molecular flexibility index (Phi) is 21.8. The van der Waals surface area contributed by atoms with Crippen LogP contribution in [0.1, 0.15) is 163 Å². The van der Waals surface area contributed by atoms with Gasteiger partial charge in [0, 0.05) is 18.9 Å². The molecule has 1 heterocycles. The number of ketones is 1. The summed E-state index contributed by atoms with van der Waals surface area (Å²) in [6.07, 6.45) is 20.1. The Balaban J connectivity index is 2.47. The number of amides is 1. The summed E-state index contributed by atoms with van der Waals surface area (Å²) < 4.78 is 12.3. The Morgan fingerprint density at radius 3 is 1.82 bits per heavy atom. The highest BCUT2D eigenvalue weighted by atomic mass is 16.6. The van der Waals surface area contributed by atoms with Gasteiger partial charge in [-0.2, -0.15) is 0 Å². The number of Topliss-reactive ketones (excluding diaryl/α,β-unsaturated/α-hetero) is 1. The Morgan fingerprint density at radius 1 is 0.800 bits per heavy atom. The number of nitrogens with one attached hydrogen (secondary N) is 1. The number of hydrogen-bond donors (Lipinski definition) is 2. The third-order valence-corrected chi connectivity index (χ3v) is 8.34. The molecule has 5 atom stereocenters. The molecule has 0 aromatic carbocycles. The zero-order valence-electron chi connectivity index (χ0n) is 26.9. The van der Waals surface area contributed by atoms with Crippen molar-refractivity contribution in [2.24, 2.45) is 11.8 Å². The Bertz CT molecular complexity index is 640. The summed E-state index contributed by atoms with van der Waals surface area (Å²) in [6, 6.07) is -0.666. The quantitative estimate of drug-likeness (QED) is 0.0856. The van der Waals surface area contributed by atoms with Gasteiger partial charge in [-0.25, -0.2) is 0 Å². The van der Waals surface area contributed by atoms with Gasteiger partial charge < -0.3 is 19.9 Å². The molecule has 2 N–H and O–H groups in total. The van der Waals surface area contributed by atoms with E-state index in [-0.39, 0.29) is 36.2 Å². The second-order valence-corrected chi connectivity index (χ2v) is 12.8. The molecule has 0 aromatic rings. The van der Waals surface area contributed by atoms with Crippen molar-refractivity contribution < 1.29 is 24.2 Å². The predicted octanol–water partition coefficient (Wildman–Crippen LogP) is 8.28. The van der Waals surface area contributed by atoms with Crippen molar-refractivity contribution in [3.63, 3.8) is 0 Å². The molecule has 236 valence electrons. The van der Waals surface area contributed by atoms with Gasteiger partial charge in [-0.3, -0.25) is 9.59 Å². The topological polar surface area (TPSA) is 84.9 Å². The fourth-order valence-corrected chi connectivity index (χ4v) is 5.82. The summed E-state index contributed by atoms with van der Waals surface area (Å²) >= 11 is 0. The van der Waals surface area contributed by atoms with Gasteiger partial charge >= 0.3 is 0 Å². The van der Waals surface area contributed by atoms with Gasteiger partial charge in [-0.05, 0) is 25.2 Å². The maximum Gasteiger partial charge on any atom is 0.227 e. The molecule has 1 aliphatic rings. The van der Waals surface area contributed by atoms with E-state index in [0.717, 1.165) is 38.5 Å². The minimum atomic E-state index is -1.14. The highest BCUT2D eigenvalue weighted by molar-refractivity contribution is 5.98. The standard InChI is InChI=1S/C34H65NO5/c1-6-8-10-12-14-16-17-19-21-23-29(36)26-31(37)35-32-33(28(5)30(25-27(3)4)40-34(32)38)39-24-22-20-18-15-13-11-9-7-2/h27-28,30,32-34,38H,6-26H2,1-5H3,(H,35,37)/t28?,30-,32-,33+,34?/m1/s1. The van der Waals surface area contributed by atoms with Crippen LogP contribution in [-0.4, -0.2) is 47.9 Å². The zero-order chi connectivity index (χ0) is 29.6. The van der Waals surface area contributed by atoms with Crippen molar-refractivity contribution in [2.75, 3.05) is 6.61 Å². The number of aliphatic hydroxyl groups excluding tert-OH is 1. The third kappa shape index (κ3) is 17.1. The van der Waals surface area contributed by atoms with Crippen LogP contribution in [0, 0.1) is 11.8 Å². The Labute approximate surface area is 247 Å². The SMILES string of the molecule is CCCCCCCCCCCC(=O)CC(=O)N[C@H]1C(O)O[C@H](CC(C)C)C(C)[C@@H]1OCCCCCCCCCC. The lowest BCUT2D eigenvalue weighted by Crippen LogP contribution is -2.61. The van der Waals surface area contributed by atoms with Crippen LogP contribution in [0.4, 0.5) is 0 Å². The van der Waals surface area contributed by atoms with Crippen molar-refractivity contribution in [1.82, 2.24) is 5.32 Å². The second-order valence-electron chi connectivity index (χ2n) is 12.8. The molecule has 0 bridgehead atoms. The van der Waals surface area contributed by atoms with Gasteiger partial charge in [0.1, 0.15) is 11.8 Å². The van der Waals surface area contributed by atoms with E-state index < -0.39 is 12.3 Å². The number of carbonyl (C=O) groups excluding carboxylic acids is 2. The van der Waals surface area contributed by atoms with E-state index in [2.05, 4.69) is 39.9 Å². The normalized spacial score (nSPS) is 23.0. The molecule has 1 rings (SSSR count). The maximum absolute atomic E-state index is 12.8. The van der Waals surface area contributed by atoms with Gasteiger partial charge in [0.25, 0.3) is 0 Å². The fourth-order valence-electron chi connectivity index (χ4n) is 5.82. The summed E-state index contributed by atoms with van der Waals surface area (Å²) in [4.78, 5) is 25.3. The van der Waals surface area contributed by atoms with Crippen LogP contribution in [0.25, 0.3) is 0 Å². The van der Waals surface area contributed by atoms with Gasteiger partial charge in [0.15, 0.2) is 6.29 Å². The minimum absolute atomic E-state index is 0.0304. The van der Waals surface area contributed by atoms with Crippen LogP contribution in [0.15, 0.2) is 0 Å². The Hall–Kier alpha value is -0.980. The molecule has 0 saturated carbocycles. The molecule has 0 spiro atoms. The van der Waals surface area contributed by atoms with Crippen molar-refractivity contribution >= 4 is 11.7 Å². The molecule has 1 fully saturated rings. The second kappa shape index (κ2) is 23.6. The first-order chi connectivity index (χ1) is 19.3. The van der Waals surface area contributed by atoms with E-state index >= 15 is 0 Å². The summed E-state index contributed by atoms with van der Waals surface area (Å²) in [7, 11) is 0. The number of hydrogen-bond acceptors (Lipinski definition) is 5. The van der Waals surface area contributed by atoms with Crippen LogP contribution >= 0.6 is 0 Å². The molecule has 6 nitrogen and oxygen atoms in total. The first-order valence-electron chi connectivity index (χ1n) is 17.1. The molecule has 0 radical (unpaired) electrons. The fraction of sp³-hybridized carbons (Fsp3) is 0.941. The molecule has 0 aliphatic carbocycles. The molecule has 1 aliphatic heterocycles. The van der Waals surface area contributed by atoms with Crippen molar-refractivity contribution in [2.45, 2.75) is 188 Å². The lowest BCUT2D eigenvalue weighted by molar-refractivity contribution is -0.240. The van der Waals surface area contributed by atoms with Crippen LogP contribution < -0.4 is 5.32 Å². The number of carbonyl (C=O) groups is 2. The number of ether oxygens (including phenoxy) is 2. The summed E-state index contributed by atoms with van der Waals surface area (Å²) in [6.45, 7) is 11.5. The third-order valence-electron chi connectivity index (χ3n) is 8.34. The van der Waals surface area contributed by atoms with Crippen LogP contribution in [0.2, 0.25) is 0 Å². The number of rotatable bonds is 25. The van der Waals surface area contributed by atoms with Gasteiger partial charge in [0.05, 0.1) is 18.6 Å². The molecule has 6 heteroatoms. The van der Waals surface area contributed by atoms with Crippen molar-refractivity contribution in [1.29, 1.82) is 0 Å². The van der Waals surface area contributed by atoms with Gasteiger partial charge in [-0.15, -0.1) is 0 Å². The van der Waals surface area contributed by atoms with E-state index in [1.54, 1.807) is 0 Å². The van der Waals surface area contributed by atoms with Gasteiger partial charge in [0.2, 0.25) is 5.91 Å². The molecule has 2 unspecified atom stereocenters. The highest BCUT2D eigenvalue weighted by Crippen LogP contribution is 2.31. The smallest absolute Gasteiger partial charge is 0.227 e. The van der Waals surface area contributed by atoms with Gasteiger partial charge in [-0.1, -0.05) is 131 Å². The lowest BCUT2D eigenvalue weighted by Gasteiger charge is -2.44. The molecule has 1 saturated heterocycles. The van der Waals surface area contributed by atoms with Crippen molar-refractivity contribution in [3.05, 3.63) is 0 Å². The van der Waals surface area contributed by atoms with Crippen LogP contribution in [0.3, 0.4) is 0 Å². The summed E-state index contributed by atoms with van der Waals surface area (Å²) in [5.41, 5.74) is 0. The lowest BCUT2D eigenvalue weighted by atomic mass is 9.85. The molecular formula is C34H65NO5. The average molecular weight is 568 g/mol. The minimum Gasteiger partial charge on any atom is -0.375 e. The maximum atomic E-state index is 12.8. The molecule has 0 aromatic heterocycles. The summed E-state index contributed by atoms with van der Waals surface area (Å²) in [5.74, 6) is 0.0817. The van der Waals surface area contributed by atoms with E-state index in [9.17, 15) is 14.7 Å². The highest BCUT2D eigenvalue weighted by Gasteiger charge is 2.44. The van der Waals surface area contributed by atoms with E-state index in [4.69, 9.17) is 9.47 Å². The van der Waals surface area contributed by atoms with Crippen molar-refractivity contribution in [3.8, 4) is 0 Å². The monoisotopic (exact) mass is 567 g/mol. The van der Waals surface area contributed by atoms with Crippen LogP contribution in [-0.2, 0) is 19.1 Å². The largest absolute Gasteiger partial charge is 0.375 e. The predicted molar refractivity (Wildman–Crippen MR) is 165 cm³/mol. The number of unbranched alkanes of at least 4 members (excludes halogenated alkanes) is 15. The zero-order valence-corrected chi connectivity index (χ0v) is 26.9. The molecule has 40 heavy (non-hydrogen) atoms. The Morgan fingerprint density at radius 2 is 1.30 bits per heavy atom. The van der Waals surface area contributed by atoms with Crippen LogP contribution in [0.5, 0.6) is 0 Å².